The Kier molecular flexibility index (Phi) is 6.01. The van der Waals surface area contributed by atoms with Crippen LogP contribution in [0.5, 0.6) is 11.6 Å². The number of aromatic amines is 1. The Balaban J connectivity index is 1.56. The maximum Gasteiger partial charge on any atom is 0.330 e. The van der Waals surface area contributed by atoms with Crippen LogP contribution in [0.1, 0.15) is 11.3 Å². The standard InChI is InChI=1S/C23H16ClN5O3/c24-16-6-4-15(5-7-16)14-29-20(12-21(30)28-23(29)31)26-17-8-10-19(11-9-17)32-22-3-1-2-18(13-25)27-22/h1-12,26H,14H2,(H,28,30,31). The lowest BCUT2D eigenvalue weighted by molar-refractivity contribution is 0.462. The van der Waals surface area contributed by atoms with E-state index in [1.807, 2.05) is 18.2 Å². The molecule has 0 radical (unpaired) electrons. The summed E-state index contributed by atoms with van der Waals surface area (Å²) in [6.07, 6.45) is 0. The van der Waals surface area contributed by atoms with Crippen molar-refractivity contribution in [3.63, 3.8) is 0 Å². The number of aromatic nitrogens is 3. The highest BCUT2D eigenvalue weighted by molar-refractivity contribution is 6.30. The van der Waals surface area contributed by atoms with E-state index in [4.69, 9.17) is 21.6 Å². The molecule has 0 amide bonds. The molecule has 2 N–H and O–H groups in total. The number of halogens is 1. The Morgan fingerprint density at radius 3 is 2.53 bits per heavy atom. The van der Waals surface area contributed by atoms with Crippen molar-refractivity contribution >= 4 is 23.1 Å². The van der Waals surface area contributed by atoms with E-state index in [1.54, 1.807) is 54.6 Å². The molecule has 0 saturated heterocycles. The van der Waals surface area contributed by atoms with Crippen LogP contribution in [0.15, 0.2) is 82.4 Å². The van der Waals surface area contributed by atoms with Crippen molar-refractivity contribution in [1.29, 1.82) is 5.26 Å². The van der Waals surface area contributed by atoms with Crippen LogP contribution < -0.4 is 21.3 Å². The minimum Gasteiger partial charge on any atom is -0.439 e. The molecule has 0 atom stereocenters. The van der Waals surface area contributed by atoms with Gasteiger partial charge >= 0.3 is 5.69 Å². The molecule has 0 fully saturated rings. The van der Waals surface area contributed by atoms with Gasteiger partial charge in [-0.15, -0.1) is 0 Å². The molecule has 8 nitrogen and oxygen atoms in total. The number of H-pyrrole nitrogens is 1. The molecule has 2 aromatic carbocycles. The molecule has 9 heteroatoms. The van der Waals surface area contributed by atoms with Gasteiger partial charge in [0.1, 0.15) is 23.3 Å². The second-order valence-electron chi connectivity index (χ2n) is 6.76. The largest absolute Gasteiger partial charge is 0.439 e. The Bertz CT molecular complexity index is 1400. The summed E-state index contributed by atoms with van der Waals surface area (Å²) < 4.78 is 7.09. The summed E-state index contributed by atoms with van der Waals surface area (Å²) in [5.74, 6) is 1.16. The van der Waals surface area contributed by atoms with Crippen molar-refractivity contribution < 1.29 is 4.74 Å². The Labute approximate surface area is 187 Å². The lowest BCUT2D eigenvalue weighted by atomic mass is 10.2. The molecule has 0 aliphatic rings. The quantitative estimate of drug-likeness (QED) is 0.463. The molecule has 158 valence electrons. The summed E-state index contributed by atoms with van der Waals surface area (Å²) in [4.78, 5) is 30.7. The number of hydrogen-bond donors (Lipinski definition) is 2. The molecule has 0 unspecified atom stereocenters. The van der Waals surface area contributed by atoms with E-state index in [0.29, 0.717) is 28.2 Å². The summed E-state index contributed by atoms with van der Waals surface area (Å²) in [7, 11) is 0. The highest BCUT2D eigenvalue weighted by Gasteiger charge is 2.08. The molecule has 2 aromatic heterocycles. The second-order valence-corrected chi connectivity index (χ2v) is 7.20. The summed E-state index contributed by atoms with van der Waals surface area (Å²) >= 11 is 5.93. The van der Waals surface area contributed by atoms with Crippen molar-refractivity contribution in [3.8, 4) is 17.7 Å². The number of rotatable bonds is 6. The van der Waals surface area contributed by atoms with E-state index < -0.39 is 11.2 Å². The van der Waals surface area contributed by atoms with Crippen molar-refractivity contribution in [2.24, 2.45) is 0 Å². The molecule has 0 aliphatic carbocycles. The normalized spacial score (nSPS) is 10.4. The van der Waals surface area contributed by atoms with E-state index in [0.717, 1.165) is 5.56 Å². The van der Waals surface area contributed by atoms with Crippen LogP contribution in [0.4, 0.5) is 11.5 Å². The van der Waals surface area contributed by atoms with Crippen molar-refractivity contribution in [3.05, 3.63) is 110 Å². The highest BCUT2D eigenvalue weighted by Crippen LogP contribution is 2.23. The molecule has 0 aliphatic heterocycles. The first-order valence-corrected chi connectivity index (χ1v) is 9.89. The molecule has 0 bridgehead atoms. The molecule has 4 rings (SSSR count). The minimum absolute atomic E-state index is 0.247. The Morgan fingerprint density at radius 2 is 1.81 bits per heavy atom. The average molecular weight is 446 g/mol. The summed E-state index contributed by atoms with van der Waals surface area (Å²) in [5, 5.41) is 12.6. The molecule has 0 saturated carbocycles. The van der Waals surface area contributed by atoms with Gasteiger partial charge in [0.05, 0.1) is 6.54 Å². The molecule has 4 aromatic rings. The van der Waals surface area contributed by atoms with Gasteiger partial charge in [0, 0.05) is 22.8 Å². The van der Waals surface area contributed by atoms with Gasteiger partial charge in [-0.3, -0.25) is 14.3 Å². The third-order valence-electron chi connectivity index (χ3n) is 4.48. The van der Waals surface area contributed by atoms with E-state index in [9.17, 15) is 9.59 Å². The lowest BCUT2D eigenvalue weighted by Crippen LogP contribution is -2.31. The highest BCUT2D eigenvalue weighted by atomic mass is 35.5. The summed E-state index contributed by atoms with van der Waals surface area (Å²) in [6.45, 7) is 0.247. The van der Waals surface area contributed by atoms with Crippen LogP contribution in [0.25, 0.3) is 0 Å². The summed E-state index contributed by atoms with van der Waals surface area (Å²) in [6, 6.07) is 22.2. The van der Waals surface area contributed by atoms with Crippen LogP contribution in [0.3, 0.4) is 0 Å². The topological polar surface area (TPSA) is 113 Å². The van der Waals surface area contributed by atoms with Gasteiger partial charge in [-0.1, -0.05) is 29.8 Å². The van der Waals surface area contributed by atoms with E-state index in [-0.39, 0.29) is 12.2 Å². The minimum atomic E-state index is -0.529. The van der Waals surface area contributed by atoms with E-state index in [2.05, 4.69) is 15.3 Å². The SMILES string of the molecule is N#Cc1cccc(Oc2ccc(Nc3cc(=O)[nH]c(=O)n3Cc3ccc(Cl)cc3)cc2)n1. The molecular formula is C23H16ClN5O3. The molecular weight excluding hydrogens is 430 g/mol. The van der Waals surface area contributed by atoms with Gasteiger partial charge in [-0.2, -0.15) is 5.26 Å². The maximum atomic E-state index is 12.4. The van der Waals surface area contributed by atoms with Gasteiger partial charge in [-0.05, 0) is 48.0 Å². The van der Waals surface area contributed by atoms with Crippen molar-refractivity contribution in [2.45, 2.75) is 6.54 Å². The van der Waals surface area contributed by atoms with Gasteiger partial charge in [0.2, 0.25) is 5.88 Å². The number of anilines is 2. The monoisotopic (exact) mass is 445 g/mol. The van der Waals surface area contributed by atoms with Crippen molar-refractivity contribution in [1.82, 2.24) is 14.5 Å². The maximum absolute atomic E-state index is 12.4. The zero-order valence-corrected chi connectivity index (χ0v) is 17.3. The lowest BCUT2D eigenvalue weighted by Gasteiger charge is -2.14. The average Bonchev–Trinajstić information content (AvgIpc) is 2.79. The van der Waals surface area contributed by atoms with Crippen LogP contribution in [0.2, 0.25) is 5.02 Å². The Morgan fingerprint density at radius 1 is 1.06 bits per heavy atom. The van der Waals surface area contributed by atoms with Gasteiger partial charge in [0.15, 0.2) is 0 Å². The number of nitriles is 1. The number of nitrogens with one attached hydrogen (secondary N) is 2. The van der Waals surface area contributed by atoms with Gasteiger partial charge < -0.3 is 10.1 Å². The number of benzene rings is 2. The molecule has 0 spiro atoms. The third kappa shape index (κ3) is 5.03. The predicted molar refractivity (Wildman–Crippen MR) is 121 cm³/mol. The molecule has 32 heavy (non-hydrogen) atoms. The second kappa shape index (κ2) is 9.20. The predicted octanol–water partition coefficient (Wildman–Crippen LogP) is 4.04. The van der Waals surface area contributed by atoms with E-state index in [1.165, 1.54) is 10.6 Å². The first-order valence-electron chi connectivity index (χ1n) is 9.51. The first-order chi connectivity index (χ1) is 15.5. The number of nitrogens with zero attached hydrogens (tertiary/aromatic N) is 3. The molecule has 2 heterocycles. The first kappa shape index (κ1) is 20.9. The van der Waals surface area contributed by atoms with Crippen LogP contribution in [0, 0.1) is 11.3 Å². The summed E-state index contributed by atoms with van der Waals surface area (Å²) in [5.41, 5.74) is 0.716. The fraction of sp³-hybridized carbons (Fsp3) is 0.0435. The zero-order chi connectivity index (χ0) is 22.5. The van der Waals surface area contributed by atoms with Gasteiger partial charge in [-0.25, -0.2) is 9.78 Å². The third-order valence-corrected chi connectivity index (χ3v) is 4.73. The number of ether oxygens (including phenoxy) is 1. The zero-order valence-electron chi connectivity index (χ0n) is 16.6. The van der Waals surface area contributed by atoms with Crippen LogP contribution >= 0.6 is 11.6 Å². The fourth-order valence-electron chi connectivity index (χ4n) is 2.96. The number of pyridine rings is 1. The van der Waals surface area contributed by atoms with Gasteiger partial charge in [0.25, 0.3) is 5.56 Å². The van der Waals surface area contributed by atoms with Crippen LogP contribution in [-0.2, 0) is 6.54 Å². The smallest absolute Gasteiger partial charge is 0.330 e. The van der Waals surface area contributed by atoms with Crippen molar-refractivity contribution in [2.75, 3.05) is 5.32 Å². The fourth-order valence-corrected chi connectivity index (χ4v) is 3.09. The van der Waals surface area contributed by atoms with E-state index >= 15 is 0 Å². The van der Waals surface area contributed by atoms with Crippen LogP contribution in [-0.4, -0.2) is 14.5 Å². The number of hydrogen-bond acceptors (Lipinski definition) is 6. The Hall–Kier alpha value is -4.35.